The molecule has 4 aliphatic carbocycles. The zero-order valence-corrected chi connectivity index (χ0v) is 14.3. The molecular weight excluding hydrogens is 256 g/mol. The first-order valence-corrected chi connectivity index (χ1v) is 9.61. The average Bonchev–Trinajstić information content (AvgIpc) is 2.69. The van der Waals surface area contributed by atoms with Gasteiger partial charge in [-0.25, -0.2) is 0 Å². The van der Waals surface area contributed by atoms with E-state index in [0.717, 1.165) is 30.1 Å². The molecule has 0 spiro atoms. The molecule has 4 saturated carbocycles. The molecule has 0 aromatic rings. The molecule has 7 atom stereocenters. The highest BCUT2D eigenvalue weighted by Crippen LogP contribution is 2.68. The summed E-state index contributed by atoms with van der Waals surface area (Å²) in [5.74, 6) is 3.69. The lowest BCUT2D eigenvalue weighted by molar-refractivity contribution is -0.145. The molecule has 4 aliphatic rings. The summed E-state index contributed by atoms with van der Waals surface area (Å²) >= 11 is 0. The van der Waals surface area contributed by atoms with Crippen LogP contribution in [0.25, 0.3) is 0 Å². The number of hydrogen-bond donors (Lipinski definition) is 1. The molecule has 0 aromatic heterocycles. The summed E-state index contributed by atoms with van der Waals surface area (Å²) < 4.78 is 0. The maximum Gasteiger partial charge on any atom is 0.0675 e. The van der Waals surface area contributed by atoms with Crippen molar-refractivity contribution in [2.45, 2.75) is 90.6 Å². The zero-order valence-electron chi connectivity index (χ0n) is 14.3. The summed E-state index contributed by atoms with van der Waals surface area (Å²) in [5.41, 5.74) is 0.427. The van der Waals surface area contributed by atoms with Crippen LogP contribution in [0.3, 0.4) is 0 Å². The molecule has 1 heteroatoms. The fourth-order valence-corrected chi connectivity index (χ4v) is 7.54. The van der Waals surface area contributed by atoms with Gasteiger partial charge in [0.25, 0.3) is 0 Å². The second-order valence-corrected chi connectivity index (χ2v) is 9.67. The van der Waals surface area contributed by atoms with Crippen molar-refractivity contribution in [2.24, 2.45) is 34.5 Å². The van der Waals surface area contributed by atoms with Crippen LogP contribution in [0.5, 0.6) is 0 Å². The van der Waals surface area contributed by atoms with E-state index in [1.165, 1.54) is 57.8 Å². The van der Waals surface area contributed by atoms with Gasteiger partial charge in [-0.15, -0.1) is 0 Å². The number of hydrogen-bond acceptors (Lipinski definition) is 1. The van der Waals surface area contributed by atoms with E-state index in [1.807, 2.05) is 0 Å². The van der Waals surface area contributed by atoms with E-state index in [0.29, 0.717) is 5.41 Å². The molecule has 120 valence electrons. The normalized spacial score (nSPS) is 60.0. The Labute approximate surface area is 130 Å². The van der Waals surface area contributed by atoms with Crippen LogP contribution in [-0.2, 0) is 0 Å². The molecule has 4 fully saturated rings. The molecule has 0 saturated heterocycles. The Hall–Kier alpha value is -0.0400. The molecule has 4 rings (SSSR count). The summed E-state index contributed by atoms with van der Waals surface area (Å²) in [5, 5.41) is 10.9. The first-order valence-electron chi connectivity index (χ1n) is 9.61. The van der Waals surface area contributed by atoms with Crippen LogP contribution in [0.15, 0.2) is 0 Å². The minimum Gasteiger partial charge on any atom is -0.390 e. The monoisotopic (exact) mass is 290 g/mol. The first-order chi connectivity index (χ1) is 9.88. The Kier molecular flexibility index (Phi) is 3.11. The van der Waals surface area contributed by atoms with E-state index in [2.05, 4.69) is 20.8 Å². The van der Waals surface area contributed by atoms with Gasteiger partial charge in [0.05, 0.1) is 5.60 Å². The Morgan fingerprint density at radius 2 is 1.52 bits per heavy atom. The maximum atomic E-state index is 10.9. The molecule has 0 heterocycles. The van der Waals surface area contributed by atoms with Crippen LogP contribution in [0.1, 0.15) is 85.0 Å². The number of aliphatic hydroxyl groups is 1. The lowest BCUT2D eigenvalue weighted by Gasteiger charge is -2.61. The van der Waals surface area contributed by atoms with Crippen molar-refractivity contribution in [1.29, 1.82) is 0 Å². The summed E-state index contributed by atoms with van der Waals surface area (Å²) in [7, 11) is 0. The van der Waals surface area contributed by atoms with E-state index in [-0.39, 0.29) is 5.41 Å². The third-order valence-electron chi connectivity index (χ3n) is 9.15. The number of rotatable bonds is 0. The molecule has 0 aromatic carbocycles. The third kappa shape index (κ3) is 1.79. The van der Waals surface area contributed by atoms with E-state index >= 15 is 0 Å². The molecule has 0 bridgehead atoms. The van der Waals surface area contributed by atoms with Gasteiger partial charge in [-0.05, 0) is 92.8 Å². The van der Waals surface area contributed by atoms with Crippen molar-refractivity contribution in [2.75, 3.05) is 0 Å². The molecule has 0 radical (unpaired) electrons. The van der Waals surface area contributed by atoms with Crippen molar-refractivity contribution in [3.05, 3.63) is 0 Å². The predicted octanol–water partition coefficient (Wildman–Crippen LogP) is 5.17. The van der Waals surface area contributed by atoms with Crippen molar-refractivity contribution in [3.63, 3.8) is 0 Å². The van der Waals surface area contributed by atoms with Crippen LogP contribution in [-0.4, -0.2) is 10.7 Å². The molecule has 1 unspecified atom stereocenters. The van der Waals surface area contributed by atoms with Crippen LogP contribution in [0, 0.1) is 34.5 Å². The Morgan fingerprint density at radius 3 is 2.33 bits per heavy atom. The fourth-order valence-electron chi connectivity index (χ4n) is 7.54. The first kappa shape index (κ1) is 14.5. The molecule has 0 amide bonds. The van der Waals surface area contributed by atoms with Gasteiger partial charge in [0.2, 0.25) is 0 Å². The standard InChI is InChI=1S/C20H34O/c1-18-11-5-4-6-14(18)7-8-15-16(18)9-12-19(2)17(15)10-13-20(19,3)21/h14-17,21H,4-13H2,1-3H3/t14?,15-,16+,17+,18+,19+,20+/m1/s1. The van der Waals surface area contributed by atoms with Gasteiger partial charge in [-0.1, -0.05) is 26.7 Å². The second-order valence-electron chi connectivity index (χ2n) is 9.67. The second kappa shape index (κ2) is 4.49. The Balaban J connectivity index is 1.66. The van der Waals surface area contributed by atoms with Crippen molar-refractivity contribution >= 4 is 0 Å². The van der Waals surface area contributed by atoms with Gasteiger partial charge in [0.1, 0.15) is 0 Å². The Morgan fingerprint density at radius 1 is 0.762 bits per heavy atom. The molecule has 1 N–H and O–H groups in total. The van der Waals surface area contributed by atoms with Crippen LogP contribution >= 0.6 is 0 Å². The fraction of sp³-hybridized carbons (Fsp3) is 1.00. The highest BCUT2D eigenvalue weighted by Gasteiger charge is 2.62. The van der Waals surface area contributed by atoms with Crippen LogP contribution in [0.2, 0.25) is 0 Å². The number of fused-ring (bicyclic) bond motifs is 5. The van der Waals surface area contributed by atoms with E-state index in [9.17, 15) is 5.11 Å². The lowest BCUT2D eigenvalue weighted by Crippen LogP contribution is -2.55. The molecular formula is C20H34O. The quantitative estimate of drug-likeness (QED) is 0.652. The van der Waals surface area contributed by atoms with E-state index in [1.54, 1.807) is 0 Å². The smallest absolute Gasteiger partial charge is 0.0675 e. The molecule has 21 heavy (non-hydrogen) atoms. The van der Waals surface area contributed by atoms with Gasteiger partial charge >= 0.3 is 0 Å². The van der Waals surface area contributed by atoms with Gasteiger partial charge in [0, 0.05) is 0 Å². The van der Waals surface area contributed by atoms with E-state index in [4.69, 9.17) is 0 Å². The summed E-state index contributed by atoms with van der Waals surface area (Å²) in [6.07, 6.45) is 13.9. The van der Waals surface area contributed by atoms with Crippen LogP contribution < -0.4 is 0 Å². The molecule has 1 nitrogen and oxygen atoms in total. The minimum absolute atomic E-state index is 0.200. The van der Waals surface area contributed by atoms with Crippen molar-refractivity contribution < 1.29 is 5.11 Å². The summed E-state index contributed by atoms with van der Waals surface area (Å²) in [6.45, 7) is 7.18. The van der Waals surface area contributed by atoms with Gasteiger partial charge < -0.3 is 5.11 Å². The van der Waals surface area contributed by atoms with Crippen LogP contribution in [0.4, 0.5) is 0 Å². The summed E-state index contributed by atoms with van der Waals surface area (Å²) in [4.78, 5) is 0. The Bertz CT molecular complexity index is 428. The zero-order chi connectivity index (χ0) is 14.9. The van der Waals surface area contributed by atoms with Gasteiger partial charge in [-0.3, -0.25) is 0 Å². The topological polar surface area (TPSA) is 20.2 Å². The lowest BCUT2D eigenvalue weighted by atomic mass is 9.44. The largest absolute Gasteiger partial charge is 0.390 e. The highest BCUT2D eigenvalue weighted by atomic mass is 16.3. The van der Waals surface area contributed by atoms with Crippen molar-refractivity contribution in [3.8, 4) is 0 Å². The third-order valence-corrected chi connectivity index (χ3v) is 9.15. The SMILES string of the molecule is C[C@]12CCCCC1CC[C@@H]1[C@@H]2CC[C@@]2(C)[C@H]1CC[C@]2(C)O. The van der Waals surface area contributed by atoms with Crippen molar-refractivity contribution in [1.82, 2.24) is 0 Å². The average molecular weight is 290 g/mol. The minimum atomic E-state index is -0.410. The highest BCUT2D eigenvalue weighted by molar-refractivity contribution is 5.12. The maximum absolute atomic E-state index is 10.9. The summed E-state index contributed by atoms with van der Waals surface area (Å²) in [6, 6.07) is 0. The van der Waals surface area contributed by atoms with Gasteiger partial charge in [0.15, 0.2) is 0 Å². The van der Waals surface area contributed by atoms with E-state index < -0.39 is 5.60 Å². The van der Waals surface area contributed by atoms with Gasteiger partial charge in [-0.2, -0.15) is 0 Å². The molecule has 0 aliphatic heterocycles. The predicted molar refractivity (Wildman–Crippen MR) is 87.0 cm³/mol.